The van der Waals surface area contributed by atoms with Crippen LogP contribution in [0.5, 0.6) is 5.75 Å². The molecule has 0 fully saturated rings. The maximum absolute atomic E-state index is 11.7. The molecule has 0 aromatic heterocycles. The number of benzene rings is 1. The Balaban J connectivity index is 0.00000196. The van der Waals surface area contributed by atoms with Gasteiger partial charge in [-0.1, -0.05) is 5.16 Å². The van der Waals surface area contributed by atoms with Crippen molar-refractivity contribution in [2.75, 3.05) is 0 Å². The summed E-state index contributed by atoms with van der Waals surface area (Å²) in [7, 11) is 0. The first kappa shape index (κ1) is 13.6. The van der Waals surface area contributed by atoms with Crippen LogP contribution in [0.25, 0.3) is 0 Å². The van der Waals surface area contributed by atoms with E-state index in [1.54, 1.807) is 0 Å². The van der Waals surface area contributed by atoms with Crippen LogP contribution in [0.4, 0.5) is 13.2 Å². The van der Waals surface area contributed by atoms with Gasteiger partial charge in [-0.3, -0.25) is 0 Å². The van der Waals surface area contributed by atoms with Crippen molar-refractivity contribution in [2.24, 2.45) is 5.16 Å². The summed E-state index contributed by atoms with van der Waals surface area (Å²) in [6.07, 6.45) is -3.59. The van der Waals surface area contributed by atoms with Gasteiger partial charge < -0.3 is 9.94 Å². The minimum Gasteiger partial charge on any atom is -0.411 e. The van der Waals surface area contributed by atoms with E-state index in [1.807, 2.05) is 0 Å². The molecule has 0 radical (unpaired) electrons. The molecule has 0 aliphatic heterocycles. The quantitative estimate of drug-likeness (QED) is 0.491. The lowest BCUT2D eigenvalue weighted by Crippen LogP contribution is -2.16. The fraction of sp³-hybridized carbons (Fsp3) is 0.125. The summed E-state index contributed by atoms with van der Waals surface area (Å²) in [5.41, 5.74) is 0.474. The fourth-order valence-electron chi connectivity index (χ4n) is 0.822. The van der Waals surface area contributed by atoms with Crippen LogP contribution in [0.2, 0.25) is 0 Å². The minimum atomic E-state index is -4.69. The Morgan fingerprint density at radius 1 is 1.20 bits per heavy atom. The molecule has 0 aliphatic rings. The Bertz CT molecular complexity index is 324. The number of alkyl halides is 3. The molecule has 0 heterocycles. The van der Waals surface area contributed by atoms with Gasteiger partial charge in [0.15, 0.2) is 0 Å². The number of oxime groups is 1. The summed E-state index contributed by atoms with van der Waals surface area (Å²) < 4.78 is 38.7. The summed E-state index contributed by atoms with van der Waals surface area (Å²) in [6, 6.07) is 4.93. The Hall–Kier alpha value is -1.43. The lowest BCUT2D eigenvalue weighted by Gasteiger charge is -2.08. The molecule has 0 spiro atoms. The summed E-state index contributed by atoms with van der Waals surface area (Å²) in [5, 5.41) is 10.9. The van der Waals surface area contributed by atoms with Gasteiger partial charge in [-0.2, -0.15) is 0 Å². The number of ether oxygens (including phenoxy) is 1. The highest BCUT2D eigenvalue weighted by atomic mass is 35.5. The zero-order valence-corrected chi connectivity index (χ0v) is 8.05. The van der Waals surface area contributed by atoms with Gasteiger partial charge in [-0.05, 0) is 29.8 Å². The van der Waals surface area contributed by atoms with Gasteiger partial charge in [0.2, 0.25) is 0 Å². The van der Waals surface area contributed by atoms with Crippen molar-refractivity contribution in [3.05, 3.63) is 29.8 Å². The molecule has 84 valence electrons. The molecule has 1 rings (SSSR count). The highest BCUT2D eigenvalue weighted by Gasteiger charge is 2.30. The van der Waals surface area contributed by atoms with Gasteiger partial charge in [0, 0.05) is 0 Å². The van der Waals surface area contributed by atoms with Crippen molar-refractivity contribution >= 4 is 18.6 Å². The smallest absolute Gasteiger partial charge is 0.411 e. The Labute approximate surface area is 89.6 Å². The maximum atomic E-state index is 11.7. The average Bonchev–Trinajstić information content (AvgIpc) is 2.06. The first-order valence-corrected chi connectivity index (χ1v) is 3.54. The van der Waals surface area contributed by atoms with Crippen molar-refractivity contribution in [3.63, 3.8) is 0 Å². The first-order valence-electron chi connectivity index (χ1n) is 3.54. The number of hydrogen-bond donors (Lipinski definition) is 1. The monoisotopic (exact) mass is 241 g/mol. The summed E-state index contributed by atoms with van der Waals surface area (Å²) in [5.74, 6) is -0.312. The van der Waals surface area contributed by atoms with Crippen LogP contribution in [-0.2, 0) is 0 Å². The van der Waals surface area contributed by atoms with Crippen LogP contribution in [0, 0.1) is 0 Å². The van der Waals surface area contributed by atoms with E-state index in [-0.39, 0.29) is 18.2 Å². The molecule has 0 atom stereocenters. The lowest BCUT2D eigenvalue weighted by molar-refractivity contribution is -0.274. The van der Waals surface area contributed by atoms with Crippen LogP contribution < -0.4 is 4.74 Å². The largest absolute Gasteiger partial charge is 0.573 e. The van der Waals surface area contributed by atoms with Gasteiger partial charge >= 0.3 is 6.36 Å². The number of nitrogens with zero attached hydrogens (tertiary/aromatic N) is 1. The van der Waals surface area contributed by atoms with Crippen LogP contribution in [-0.4, -0.2) is 17.8 Å². The van der Waals surface area contributed by atoms with Crippen LogP contribution in [0.15, 0.2) is 29.4 Å². The molecule has 1 N–H and O–H groups in total. The van der Waals surface area contributed by atoms with E-state index in [2.05, 4.69) is 9.89 Å². The Kier molecular flexibility index (Phi) is 4.93. The summed E-state index contributed by atoms with van der Waals surface area (Å²) >= 11 is 0. The van der Waals surface area contributed by atoms with Crippen molar-refractivity contribution in [2.45, 2.75) is 6.36 Å². The SMILES string of the molecule is Cl.ON=Cc1ccc(OC(F)(F)F)cc1. The van der Waals surface area contributed by atoms with Gasteiger partial charge in [0.1, 0.15) is 5.75 Å². The van der Waals surface area contributed by atoms with Crippen molar-refractivity contribution in [3.8, 4) is 5.75 Å². The van der Waals surface area contributed by atoms with Crippen LogP contribution >= 0.6 is 12.4 Å². The fourth-order valence-corrected chi connectivity index (χ4v) is 0.822. The third-order valence-corrected chi connectivity index (χ3v) is 1.32. The van der Waals surface area contributed by atoms with Crippen molar-refractivity contribution in [1.82, 2.24) is 0 Å². The molecule has 15 heavy (non-hydrogen) atoms. The molecule has 7 heteroatoms. The molecule has 0 amide bonds. The van der Waals surface area contributed by atoms with E-state index in [1.165, 1.54) is 12.1 Å². The van der Waals surface area contributed by atoms with Crippen molar-refractivity contribution in [1.29, 1.82) is 0 Å². The molecular weight excluding hydrogens is 235 g/mol. The molecule has 3 nitrogen and oxygen atoms in total. The topological polar surface area (TPSA) is 41.8 Å². The predicted octanol–water partition coefficient (Wildman–Crippen LogP) is 2.82. The molecule has 1 aromatic rings. The second-order valence-corrected chi connectivity index (χ2v) is 2.36. The van der Waals surface area contributed by atoms with E-state index >= 15 is 0 Å². The number of halogens is 4. The summed E-state index contributed by atoms with van der Waals surface area (Å²) in [6.45, 7) is 0. The Morgan fingerprint density at radius 3 is 2.13 bits per heavy atom. The van der Waals surface area contributed by atoms with Crippen LogP contribution in [0.3, 0.4) is 0 Å². The average molecular weight is 242 g/mol. The van der Waals surface area contributed by atoms with Gasteiger partial charge in [-0.25, -0.2) is 0 Å². The summed E-state index contributed by atoms with van der Waals surface area (Å²) in [4.78, 5) is 0. The van der Waals surface area contributed by atoms with E-state index in [4.69, 9.17) is 5.21 Å². The van der Waals surface area contributed by atoms with E-state index < -0.39 is 6.36 Å². The zero-order chi connectivity index (χ0) is 10.6. The van der Waals surface area contributed by atoms with E-state index in [0.717, 1.165) is 18.3 Å². The normalized spacial score (nSPS) is 11.1. The predicted molar refractivity (Wildman–Crippen MR) is 49.8 cm³/mol. The second kappa shape index (κ2) is 5.45. The molecular formula is C8H7ClF3NO2. The molecule has 1 aromatic carbocycles. The van der Waals surface area contributed by atoms with Gasteiger partial charge in [-0.15, -0.1) is 25.6 Å². The van der Waals surface area contributed by atoms with E-state index in [9.17, 15) is 13.2 Å². The molecule has 0 aliphatic carbocycles. The third kappa shape index (κ3) is 5.11. The highest BCUT2D eigenvalue weighted by Crippen LogP contribution is 2.22. The number of rotatable bonds is 2. The molecule has 0 saturated carbocycles. The van der Waals surface area contributed by atoms with Gasteiger partial charge in [0.25, 0.3) is 0 Å². The second-order valence-electron chi connectivity index (χ2n) is 2.36. The molecule has 0 unspecified atom stereocenters. The third-order valence-electron chi connectivity index (χ3n) is 1.32. The molecule has 0 saturated heterocycles. The minimum absolute atomic E-state index is 0. The maximum Gasteiger partial charge on any atom is 0.573 e. The number of hydrogen-bond acceptors (Lipinski definition) is 3. The Morgan fingerprint density at radius 2 is 1.73 bits per heavy atom. The van der Waals surface area contributed by atoms with Crippen molar-refractivity contribution < 1.29 is 23.1 Å². The van der Waals surface area contributed by atoms with E-state index in [0.29, 0.717) is 5.56 Å². The standard InChI is InChI=1S/C8H6F3NO2.ClH/c9-8(10,11)14-7-3-1-6(2-4-7)5-12-13;/h1-5,13H;1H. The first-order chi connectivity index (χ1) is 6.51. The van der Waals surface area contributed by atoms with Gasteiger partial charge in [0.05, 0.1) is 6.21 Å². The van der Waals surface area contributed by atoms with Crippen LogP contribution in [0.1, 0.15) is 5.56 Å². The lowest BCUT2D eigenvalue weighted by atomic mass is 10.2. The molecule has 0 bridgehead atoms. The highest BCUT2D eigenvalue weighted by molar-refractivity contribution is 5.85. The zero-order valence-electron chi connectivity index (χ0n) is 7.23.